The van der Waals surface area contributed by atoms with Crippen molar-refractivity contribution in [1.82, 2.24) is 5.06 Å². The number of hydrogen-bond acceptors (Lipinski definition) is 6. The van der Waals surface area contributed by atoms with E-state index in [0.29, 0.717) is 19.3 Å². The minimum Gasteiger partial charge on any atom is -0.462 e. The van der Waals surface area contributed by atoms with Gasteiger partial charge in [-0.25, -0.2) is 0 Å². The number of hydroxylamine groups is 2. The van der Waals surface area contributed by atoms with Gasteiger partial charge in [-0.1, -0.05) is 181 Å². The molecule has 0 saturated carbocycles. The first-order chi connectivity index (χ1) is 25.5. The van der Waals surface area contributed by atoms with Crippen LogP contribution in [-0.4, -0.2) is 40.5 Å². The molecule has 0 N–H and O–H groups in total. The first-order valence-electron chi connectivity index (χ1n) is 23.1. The van der Waals surface area contributed by atoms with Gasteiger partial charge in [0.2, 0.25) is 0 Å². The fraction of sp³-hybridized carbons (Fsp3) is 0.936. The Balaban J connectivity index is 2.60. The number of esters is 1. The highest BCUT2D eigenvalue weighted by atomic mass is 16.7. The van der Waals surface area contributed by atoms with Crippen LogP contribution in [0.4, 0.5) is 0 Å². The second kappa shape index (κ2) is 30.7. The number of nitrogens with zero attached hydrogens (tertiary/aromatic N) is 1. The van der Waals surface area contributed by atoms with Crippen LogP contribution in [0, 0.1) is 11.8 Å². The van der Waals surface area contributed by atoms with Crippen molar-refractivity contribution in [3.63, 3.8) is 0 Å². The maximum Gasteiger partial charge on any atom is 0.322 e. The fourth-order valence-electron chi connectivity index (χ4n) is 9.20. The summed E-state index contributed by atoms with van der Waals surface area (Å²) in [5.41, 5.74) is -0.814. The molecule has 6 heteroatoms. The van der Waals surface area contributed by atoms with Crippen LogP contribution in [0.15, 0.2) is 0 Å². The molecule has 0 amide bonds. The van der Waals surface area contributed by atoms with Crippen LogP contribution in [0.3, 0.4) is 0 Å². The number of aldehydes is 1. The van der Waals surface area contributed by atoms with Gasteiger partial charge >= 0.3 is 11.9 Å². The smallest absolute Gasteiger partial charge is 0.322 e. The zero-order valence-electron chi connectivity index (χ0n) is 36.4. The highest BCUT2D eigenvalue weighted by Crippen LogP contribution is 2.40. The van der Waals surface area contributed by atoms with Crippen LogP contribution in [0.5, 0.6) is 0 Å². The third-order valence-electron chi connectivity index (χ3n) is 11.9. The topological polar surface area (TPSA) is 72.9 Å². The summed E-state index contributed by atoms with van der Waals surface area (Å²) >= 11 is 0. The predicted octanol–water partition coefficient (Wildman–Crippen LogP) is 14.2. The Morgan fingerprint density at radius 3 is 1.32 bits per heavy atom. The van der Waals surface area contributed by atoms with Gasteiger partial charge in [-0.2, -0.15) is 0 Å². The summed E-state index contributed by atoms with van der Waals surface area (Å²) in [5.74, 6) is 1.32. The van der Waals surface area contributed by atoms with E-state index in [4.69, 9.17) is 9.57 Å². The molecule has 312 valence electrons. The quantitative estimate of drug-likeness (QED) is 0.0365. The van der Waals surface area contributed by atoms with E-state index in [1.807, 2.05) is 0 Å². The lowest BCUT2D eigenvalue weighted by Gasteiger charge is -2.52. The number of carbonyl (C=O) groups is 3. The van der Waals surface area contributed by atoms with E-state index in [1.165, 1.54) is 167 Å². The van der Waals surface area contributed by atoms with E-state index >= 15 is 0 Å². The number of carbonyl (C=O) groups excluding carboxylic acids is 3. The van der Waals surface area contributed by atoms with Crippen LogP contribution in [0.25, 0.3) is 0 Å². The van der Waals surface area contributed by atoms with Gasteiger partial charge in [0.05, 0.1) is 11.1 Å². The Kier molecular flexibility index (Phi) is 28.8. The van der Waals surface area contributed by atoms with Crippen molar-refractivity contribution in [2.24, 2.45) is 11.8 Å². The molecule has 1 aliphatic heterocycles. The van der Waals surface area contributed by atoms with Crippen molar-refractivity contribution in [3.8, 4) is 0 Å². The minimum absolute atomic E-state index is 0.0887. The Morgan fingerprint density at radius 2 is 0.943 bits per heavy atom. The van der Waals surface area contributed by atoms with Crippen LogP contribution >= 0.6 is 0 Å². The van der Waals surface area contributed by atoms with Crippen molar-refractivity contribution in [1.29, 1.82) is 0 Å². The SMILES string of the molecule is CCCCCCCCCC(CCCCCCCC=O)C(CCCCCCCCC)CCCCCCCC(=O)OC1CC(C)(C)N(OC(C)=O)C(C)(C)C1. The summed E-state index contributed by atoms with van der Waals surface area (Å²) in [7, 11) is 0. The van der Waals surface area contributed by atoms with Gasteiger partial charge in [0.15, 0.2) is 0 Å². The predicted molar refractivity (Wildman–Crippen MR) is 224 cm³/mol. The van der Waals surface area contributed by atoms with Gasteiger partial charge < -0.3 is 14.4 Å². The number of rotatable bonds is 35. The van der Waals surface area contributed by atoms with Gasteiger partial charge in [0.1, 0.15) is 12.4 Å². The molecule has 53 heavy (non-hydrogen) atoms. The Hall–Kier alpha value is -1.43. The zero-order valence-corrected chi connectivity index (χ0v) is 36.4. The van der Waals surface area contributed by atoms with Crippen LogP contribution < -0.4 is 0 Å². The maximum atomic E-state index is 12.9. The number of piperidine rings is 1. The largest absolute Gasteiger partial charge is 0.462 e. The molecule has 0 spiro atoms. The molecule has 0 aromatic heterocycles. The monoisotopic (exact) mass is 748 g/mol. The van der Waals surface area contributed by atoms with Crippen molar-refractivity contribution in [3.05, 3.63) is 0 Å². The summed E-state index contributed by atoms with van der Waals surface area (Å²) in [6.45, 7) is 14.2. The highest BCUT2D eigenvalue weighted by molar-refractivity contribution is 5.69. The summed E-state index contributed by atoms with van der Waals surface area (Å²) in [6, 6.07) is 0. The lowest BCUT2D eigenvalue weighted by atomic mass is 9.78. The van der Waals surface area contributed by atoms with E-state index in [0.717, 1.165) is 43.8 Å². The Morgan fingerprint density at radius 1 is 0.585 bits per heavy atom. The zero-order chi connectivity index (χ0) is 39.2. The van der Waals surface area contributed by atoms with E-state index in [9.17, 15) is 14.4 Å². The van der Waals surface area contributed by atoms with Crippen LogP contribution in [-0.2, 0) is 24.0 Å². The van der Waals surface area contributed by atoms with Crippen LogP contribution in [0.1, 0.15) is 254 Å². The average Bonchev–Trinajstić information content (AvgIpc) is 3.09. The van der Waals surface area contributed by atoms with E-state index in [-0.39, 0.29) is 18.0 Å². The molecule has 0 bridgehead atoms. The molecular formula is C47H89NO5. The van der Waals surface area contributed by atoms with Crippen molar-refractivity contribution < 1.29 is 24.0 Å². The lowest BCUT2D eigenvalue weighted by molar-refractivity contribution is -0.276. The lowest BCUT2D eigenvalue weighted by Crippen LogP contribution is -2.62. The molecule has 2 unspecified atom stereocenters. The van der Waals surface area contributed by atoms with Crippen molar-refractivity contribution in [2.75, 3.05) is 0 Å². The molecule has 1 fully saturated rings. The highest BCUT2D eigenvalue weighted by Gasteiger charge is 2.49. The maximum absolute atomic E-state index is 12.9. The van der Waals surface area contributed by atoms with E-state index < -0.39 is 11.1 Å². The molecule has 6 nitrogen and oxygen atoms in total. The molecule has 0 aromatic carbocycles. The molecule has 0 aromatic rings. The minimum atomic E-state index is -0.407. The standard InChI is InChI=1S/C47H89NO5/c1-8-10-12-14-16-21-27-33-42(35-29-23-18-19-26-32-38-49)43(34-28-22-17-15-13-11-9-2)36-30-24-20-25-31-37-45(51)52-44-39-46(4,5)48(53-41(3)50)47(6,7)40-44/h38,42-44H,8-37,39-40H2,1-7H3. The molecule has 1 saturated heterocycles. The number of ether oxygens (including phenoxy) is 1. The van der Waals surface area contributed by atoms with Crippen LogP contribution in [0.2, 0.25) is 0 Å². The molecule has 0 aliphatic carbocycles. The first-order valence-corrected chi connectivity index (χ1v) is 23.1. The normalized spacial score (nSPS) is 17.0. The summed E-state index contributed by atoms with van der Waals surface area (Å²) in [4.78, 5) is 40.9. The molecule has 0 radical (unpaired) electrons. The second-order valence-corrected chi connectivity index (χ2v) is 18.2. The van der Waals surface area contributed by atoms with Crippen molar-refractivity contribution in [2.45, 2.75) is 271 Å². The molecule has 1 heterocycles. The summed E-state index contributed by atoms with van der Waals surface area (Å²) in [6.07, 6.45) is 40.4. The van der Waals surface area contributed by atoms with Gasteiger partial charge in [-0.15, -0.1) is 5.06 Å². The fourth-order valence-corrected chi connectivity index (χ4v) is 9.20. The van der Waals surface area contributed by atoms with E-state index in [2.05, 4.69) is 41.5 Å². The Bertz CT molecular complexity index is 899. The molecule has 1 rings (SSSR count). The van der Waals surface area contributed by atoms with Gasteiger partial charge in [0, 0.05) is 32.6 Å². The summed E-state index contributed by atoms with van der Waals surface area (Å²) in [5, 5.41) is 1.80. The molecule has 1 aliphatic rings. The second-order valence-electron chi connectivity index (χ2n) is 18.2. The van der Waals surface area contributed by atoms with Gasteiger partial charge in [-0.3, -0.25) is 9.59 Å². The third kappa shape index (κ3) is 24.6. The van der Waals surface area contributed by atoms with Crippen molar-refractivity contribution >= 4 is 18.2 Å². The average molecular weight is 748 g/mol. The molecule has 2 atom stereocenters. The number of hydrogen-bond donors (Lipinski definition) is 0. The Labute approximate surface area is 329 Å². The van der Waals surface area contributed by atoms with Gasteiger partial charge in [0.25, 0.3) is 0 Å². The third-order valence-corrected chi connectivity index (χ3v) is 11.9. The molecular weight excluding hydrogens is 659 g/mol. The first kappa shape index (κ1) is 49.6. The van der Waals surface area contributed by atoms with Gasteiger partial charge in [-0.05, 0) is 52.4 Å². The van der Waals surface area contributed by atoms with E-state index in [1.54, 1.807) is 5.06 Å². The number of unbranched alkanes of at least 4 members (excludes halogenated alkanes) is 21. The summed E-state index contributed by atoms with van der Waals surface area (Å²) < 4.78 is 5.98.